The molecule has 0 amide bonds. The normalized spacial score (nSPS) is 13.2. The molecule has 0 aliphatic heterocycles. The molecule has 0 rings (SSSR count). The fourth-order valence-electron chi connectivity index (χ4n) is 1.33. The van der Waals surface area contributed by atoms with Crippen molar-refractivity contribution in [3.05, 3.63) is 0 Å². The van der Waals surface area contributed by atoms with Crippen molar-refractivity contribution in [3.8, 4) is 0 Å². The molecule has 0 aliphatic carbocycles. The van der Waals surface area contributed by atoms with Gasteiger partial charge in [0.1, 0.15) is 0 Å². The van der Waals surface area contributed by atoms with Crippen molar-refractivity contribution in [1.29, 1.82) is 0 Å². The molecule has 0 N–H and O–H groups in total. The lowest BCUT2D eigenvalue weighted by Crippen LogP contribution is -2.13. The first-order valence-corrected chi connectivity index (χ1v) is 9.11. The molecule has 0 atom stereocenters. The minimum Gasteiger partial charge on any atom is -0.238 e. The van der Waals surface area contributed by atoms with E-state index in [1.54, 1.807) is 0 Å². The first-order valence-electron chi connectivity index (χ1n) is 5.27. The van der Waals surface area contributed by atoms with Gasteiger partial charge in [0.2, 0.25) is 6.43 Å². The number of rotatable bonds is 9. The maximum absolute atomic E-state index is 11.8. The molecule has 0 aromatic rings. The number of hydrogen-bond donors (Lipinski definition) is 0. The van der Waals surface area contributed by atoms with Crippen LogP contribution in [0.5, 0.6) is 0 Å². The summed E-state index contributed by atoms with van der Waals surface area (Å²) in [7, 11) is -5.71. The van der Waals surface area contributed by atoms with Crippen molar-refractivity contribution < 1.29 is 21.1 Å². The van der Waals surface area contributed by atoms with Gasteiger partial charge in [-0.15, -0.1) is 0 Å². The van der Waals surface area contributed by atoms with E-state index in [2.05, 4.69) is 0 Å². The Hall–Kier alpha value is 0.0838. The second-order valence-electron chi connectivity index (χ2n) is 3.67. The topological polar surface area (TPSA) is 0 Å². The van der Waals surface area contributed by atoms with E-state index in [1.165, 1.54) is 0 Å². The van der Waals surface area contributed by atoms with Crippen LogP contribution in [0.4, 0.5) is 21.1 Å². The lowest BCUT2D eigenvalue weighted by Gasteiger charge is -2.02. The highest BCUT2D eigenvalue weighted by molar-refractivity contribution is 6.58. The molecule has 0 aromatic carbocycles. The van der Waals surface area contributed by atoms with Crippen molar-refractivity contribution >= 4 is 18.6 Å². The van der Waals surface area contributed by atoms with E-state index in [9.17, 15) is 21.1 Å². The first kappa shape index (κ1) is 15.1. The Morgan fingerprint density at radius 1 is 0.933 bits per heavy atom. The highest BCUT2D eigenvalue weighted by Crippen LogP contribution is 2.19. The molecule has 0 fully saturated rings. The maximum Gasteiger partial charge on any atom is 0.616 e. The van der Waals surface area contributed by atoms with Gasteiger partial charge in [-0.25, -0.2) is 21.1 Å². The third-order valence-electron chi connectivity index (χ3n) is 2.13. The minimum atomic E-state index is -5.33. The van der Waals surface area contributed by atoms with Gasteiger partial charge in [0.05, 0.1) is 0 Å². The smallest absolute Gasteiger partial charge is 0.238 e. The van der Waals surface area contributed by atoms with E-state index < -0.39 is 21.5 Å². The summed E-state index contributed by atoms with van der Waals surface area (Å²) in [5.41, 5.74) is 0. The molecule has 7 heteroatoms. The zero-order valence-corrected chi connectivity index (χ0v) is 11.0. The molecule has 0 aliphatic rings. The van der Waals surface area contributed by atoms with Crippen LogP contribution in [-0.2, 0) is 0 Å². The molecule has 0 spiro atoms. The van der Waals surface area contributed by atoms with E-state index >= 15 is 0 Å². The van der Waals surface area contributed by atoms with Gasteiger partial charge in [0.15, 0.2) is 0 Å². The van der Waals surface area contributed by atoms with Crippen LogP contribution in [0.25, 0.3) is 0 Å². The largest absolute Gasteiger partial charge is 0.616 e. The van der Waals surface area contributed by atoms with E-state index in [-0.39, 0.29) is 22.4 Å². The summed E-state index contributed by atoms with van der Waals surface area (Å²) in [6.45, 7) is 0. The molecule has 0 bridgehead atoms. The van der Waals surface area contributed by atoms with Crippen LogP contribution in [0.3, 0.4) is 0 Å². The molecule has 0 saturated carbocycles. The lowest BCUT2D eigenvalue weighted by atomic mass is 10.3. The van der Waals surface area contributed by atoms with Crippen LogP contribution in [0.2, 0.25) is 18.1 Å². The van der Waals surface area contributed by atoms with Crippen molar-refractivity contribution in [3.63, 3.8) is 0 Å². The molecule has 15 heavy (non-hydrogen) atoms. The second kappa shape index (κ2) is 8.26. The van der Waals surface area contributed by atoms with E-state index in [1.807, 2.05) is 0 Å². The van der Waals surface area contributed by atoms with Crippen LogP contribution in [0.15, 0.2) is 0 Å². The van der Waals surface area contributed by atoms with Gasteiger partial charge < -0.3 is 0 Å². The molecular formula is C8H17F5Si2. The van der Waals surface area contributed by atoms with Gasteiger partial charge >= 0.3 is 9.08 Å². The predicted octanol–water partition coefficient (Wildman–Crippen LogP) is 3.66. The Bertz CT molecular complexity index is 148. The quantitative estimate of drug-likeness (QED) is 0.258. The Kier molecular flexibility index (Phi) is 8.31. The fraction of sp³-hybridized carbons (Fsp3) is 1.00. The third kappa shape index (κ3) is 14.1. The molecule has 0 aromatic heterocycles. The maximum atomic E-state index is 11.8. The SMILES string of the molecule is FC(F)CCC[SiH2]CCCC[Si](F)(F)F. The molecule has 0 heterocycles. The van der Waals surface area contributed by atoms with Gasteiger partial charge in [0.25, 0.3) is 0 Å². The number of hydrogen-bond acceptors (Lipinski definition) is 0. The van der Waals surface area contributed by atoms with Crippen LogP contribution < -0.4 is 0 Å². The summed E-state index contributed by atoms with van der Waals surface area (Å²) in [5.74, 6) is 0. The number of alkyl halides is 2. The monoisotopic (exact) mass is 264 g/mol. The Morgan fingerprint density at radius 3 is 2.07 bits per heavy atom. The van der Waals surface area contributed by atoms with E-state index in [0.29, 0.717) is 12.8 Å². The average Bonchev–Trinajstić information content (AvgIpc) is 2.07. The number of unbranched alkanes of at least 4 members (excludes halogenated alkanes) is 1. The van der Waals surface area contributed by atoms with Crippen molar-refractivity contribution in [1.82, 2.24) is 0 Å². The van der Waals surface area contributed by atoms with Crippen LogP contribution in [-0.4, -0.2) is 25.0 Å². The molecule has 92 valence electrons. The lowest BCUT2D eigenvalue weighted by molar-refractivity contribution is 0.136. The Balaban J connectivity index is 3.06. The summed E-state index contributed by atoms with van der Waals surface area (Å²) >= 11 is 0. The molecule has 0 saturated heterocycles. The Labute approximate surface area is 90.6 Å². The highest BCUT2D eigenvalue weighted by atomic mass is 28.5. The van der Waals surface area contributed by atoms with Crippen molar-refractivity contribution in [2.45, 2.75) is 50.2 Å². The highest BCUT2D eigenvalue weighted by Gasteiger charge is 2.35. The first-order chi connectivity index (χ1) is 6.92. The summed E-state index contributed by atoms with van der Waals surface area (Å²) in [6, 6.07) is 1.14. The average molecular weight is 264 g/mol. The summed E-state index contributed by atoms with van der Waals surface area (Å²) in [5, 5.41) is 0. The third-order valence-corrected chi connectivity index (χ3v) is 5.05. The molecule has 0 radical (unpaired) electrons. The van der Waals surface area contributed by atoms with Gasteiger partial charge in [-0.2, -0.15) is 0 Å². The Morgan fingerprint density at radius 2 is 1.53 bits per heavy atom. The van der Waals surface area contributed by atoms with Gasteiger partial charge in [-0.1, -0.05) is 24.9 Å². The fourth-order valence-corrected chi connectivity index (χ4v) is 3.68. The molecular weight excluding hydrogens is 247 g/mol. The standard InChI is InChI=1S/C8H17F5Si2/c9-8(10)4-3-6-14-5-1-2-7-15(11,12)13/h8H,1-7,14H2. The summed E-state index contributed by atoms with van der Waals surface area (Å²) < 4.78 is 58.9. The molecule has 0 unspecified atom stereocenters. The van der Waals surface area contributed by atoms with Crippen molar-refractivity contribution in [2.75, 3.05) is 0 Å². The van der Waals surface area contributed by atoms with Gasteiger partial charge in [0, 0.05) is 22.0 Å². The zero-order valence-electron chi connectivity index (χ0n) is 8.62. The van der Waals surface area contributed by atoms with Gasteiger partial charge in [-0.3, -0.25) is 0 Å². The van der Waals surface area contributed by atoms with Crippen molar-refractivity contribution in [2.24, 2.45) is 0 Å². The van der Waals surface area contributed by atoms with Crippen LogP contribution in [0.1, 0.15) is 25.7 Å². The molecule has 0 nitrogen and oxygen atoms in total. The van der Waals surface area contributed by atoms with Gasteiger partial charge in [-0.05, 0) is 6.42 Å². The van der Waals surface area contributed by atoms with E-state index in [4.69, 9.17) is 0 Å². The summed E-state index contributed by atoms with van der Waals surface area (Å²) in [4.78, 5) is 0. The van der Waals surface area contributed by atoms with E-state index in [0.717, 1.165) is 12.1 Å². The number of halogens is 5. The predicted molar refractivity (Wildman–Crippen MR) is 56.5 cm³/mol. The summed E-state index contributed by atoms with van der Waals surface area (Å²) in [6.07, 6.45) is -0.860. The van der Waals surface area contributed by atoms with Crippen LogP contribution in [0, 0.1) is 0 Å². The second-order valence-corrected chi connectivity index (χ2v) is 7.52. The zero-order chi connectivity index (χ0) is 11.7. The minimum absolute atomic E-state index is 0.0531. The van der Waals surface area contributed by atoms with Crippen LogP contribution >= 0.6 is 0 Å².